The van der Waals surface area contributed by atoms with Crippen LogP contribution < -0.4 is 0 Å². The minimum Gasteiger partial charge on any atom is -0.151 e. The van der Waals surface area contributed by atoms with Gasteiger partial charge in [0.2, 0.25) is 0 Å². The maximum absolute atomic E-state index is 3.54. The molecule has 0 nitrogen and oxygen atoms in total. The number of rotatable bonds is 3. The predicted octanol–water partition coefficient (Wildman–Crippen LogP) is 4.36. The Morgan fingerprint density at radius 1 is 1.23 bits per heavy atom. The minimum absolute atomic E-state index is 1.14. The van der Waals surface area contributed by atoms with E-state index in [1.54, 1.807) is 11.3 Å². The number of hydrogen-bond acceptors (Lipinski definition) is 2. The molecule has 0 aliphatic carbocycles. The van der Waals surface area contributed by atoms with Gasteiger partial charge in [0.15, 0.2) is 0 Å². The molecule has 0 amide bonds. The van der Waals surface area contributed by atoms with Gasteiger partial charge in [-0.2, -0.15) is 11.3 Å². The van der Waals surface area contributed by atoms with Crippen molar-refractivity contribution in [3.8, 4) is 0 Å². The van der Waals surface area contributed by atoms with Crippen molar-refractivity contribution in [1.82, 2.24) is 0 Å². The Bertz CT molecular complexity index is 362. The van der Waals surface area contributed by atoms with Crippen molar-refractivity contribution in [1.29, 1.82) is 0 Å². The van der Waals surface area contributed by atoms with Gasteiger partial charge in [-0.25, -0.2) is 0 Å². The van der Waals surface area contributed by atoms with E-state index in [0.717, 1.165) is 12.8 Å². The summed E-state index contributed by atoms with van der Waals surface area (Å²) < 4.78 is 1.26. The maximum atomic E-state index is 3.54. The third-order valence-electron chi connectivity index (χ3n) is 1.91. The normalized spacial score (nSPS) is 10.5. The number of aryl methyl sites for hydroxylation is 2. The molecular weight excluding hydrogens is 264 g/mol. The fourth-order valence-corrected chi connectivity index (χ4v) is 3.44. The molecule has 13 heavy (non-hydrogen) atoms. The van der Waals surface area contributed by atoms with E-state index in [1.807, 2.05) is 11.3 Å². The van der Waals surface area contributed by atoms with Crippen LogP contribution >= 0.6 is 38.6 Å². The molecule has 0 N–H and O–H groups in total. The van der Waals surface area contributed by atoms with E-state index in [-0.39, 0.29) is 0 Å². The van der Waals surface area contributed by atoms with Gasteiger partial charge in [-0.05, 0) is 51.2 Å². The Kier molecular flexibility index (Phi) is 3.19. The van der Waals surface area contributed by atoms with E-state index >= 15 is 0 Å². The molecule has 3 heteroatoms. The number of halogens is 1. The smallest absolute Gasteiger partial charge is 0.0314 e. The molecule has 2 rings (SSSR count). The highest BCUT2D eigenvalue weighted by molar-refractivity contribution is 9.10. The minimum atomic E-state index is 1.14. The molecule has 0 radical (unpaired) electrons. The zero-order valence-corrected chi connectivity index (χ0v) is 10.2. The lowest BCUT2D eigenvalue weighted by molar-refractivity contribution is 0.982. The summed E-state index contributed by atoms with van der Waals surface area (Å²) in [6, 6.07) is 4.31. The van der Waals surface area contributed by atoms with Gasteiger partial charge in [0.25, 0.3) is 0 Å². The van der Waals surface area contributed by atoms with Crippen molar-refractivity contribution in [2.45, 2.75) is 12.8 Å². The van der Waals surface area contributed by atoms with Crippen LogP contribution in [-0.2, 0) is 12.8 Å². The summed E-state index contributed by atoms with van der Waals surface area (Å²) >= 11 is 7.14. The zero-order valence-electron chi connectivity index (χ0n) is 7.00. The van der Waals surface area contributed by atoms with Crippen LogP contribution in [0, 0.1) is 0 Å². The fraction of sp³-hybridized carbons (Fsp3) is 0.200. The van der Waals surface area contributed by atoms with Gasteiger partial charge >= 0.3 is 0 Å². The Hall–Kier alpha value is -0.120. The lowest BCUT2D eigenvalue weighted by atomic mass is 10.2. The van der Waals surface area contributed by atoms with Crippen LogP contribution in [0.4, 0.5) is 0 Å². The summed E-state index contributed by atoms with van der Waals surface area (Å²) in [7, 11) is 0. The van der Waals surface area contributed by atoms with Crippen LogP contribution in [0.15, 0.2) is 32.7 Å². The highest BCUT2D eigenvalue weighted by Crippen LogP contribution is 2.23. The van der Waals surface area contributed by atoms with Gasteiger partial charge in [-0.1, -0.05) is 6.07 Å². The molecule has 2 aromatic rings. The molecular formula is C10H9BrS2. The molecule has 0 bridgehead atoms. The van der Waals surface area contributed by atoms with Gasteiger partial charge in [-0.15, -0.1) is 11.3 Å². The van der Waals surface area contributed by atoms with Crippen LogP contribution in [0.1, 0.15) is 10.4 Å². The monoisotopic (exact) mass is 272 g/mol. The van der Waals surface area contributed by atoms with Gasteiger partial charge in [0, 0.05) is 14.7 Å². The van der Waals surface area contributed by atoms with Crippen LogP contribution in [-0.4, -0.2) is 0 Å². The zero-order chi connectivity index (χ0) is 9.10. The first-order chi connectivity index (χ1) is 6.36. The van der Waals surface area contributed by atoms with Gasteiger partial charge in [0.1, 0.15) is 0 Å². The summed E-state index contributed by atoms with van der Waals surface area (Å²) in [4.78, 5) is 1.47. The summed E-state index contributed by atoms with van der Waals surface area (Å²) in [5.74, 6) is 0. The lowest BCUT2D eigenvalue weighted by Gasteiger charge is -1.96. The van der Waals surface area contributed by atoms with Gasteiger partial charge in [0.05, 0.1) is 0 Å². The molecule has 0 aliphatic rings. The summed E-state index contributed by atoms with van der Waals surface area (Å²) in [5, 5.41) is 6.50. The maximum Gasteiger partial charge on any atom is 0.0314 e. The van der Waals surface area contributed by atoms with E-state index < -0.39 is 0 Å². The Morgan fingerprint density at radius 2 is 2.15 bits per heavy atom. The molecule has 0 unspecified atom stereocenters. The quantitative estimate of drug-likeness (QED) is 0.779. The largest absolute Gasteiger partial charge is 0.151 e. The third kappa shape index (κ3) is 2.42. The molecule has 0 saturated carbocycles. The van der Waals surface area contributed by atoms with E-state index in [9.17, 15) is 0 Å². The first-order valence-electron chi connectivity index (χ1n) is 4.09. The molecule has 2 heterocycles. The predicted molar refractivity (Wildman–Crippen MR) is 63.7 cm³/mol. The van der Waals surface area contributed by atoms with Crippen molar-refractivity contribution in [3.05, 3.63) is 43.2 Å². The van der Waals surface area contributed by atoms with Gasteiger partial charge in [-0.3, -0.25) is 0 Å². The molecule has 0 aromatic carbocycles. The average molecular weight is 273 g/mol. The van der Waals surface area contributed by atoms with E-state index in [2.05, 4.69) is 44.2 Å². The number of thiophene rings is 2. The highest BCUT2D eigenvalue weighted by atomic mass is 79.9. The second-order valence-electron chi connectivity index (χ2n) is 2.82. The van der Waals surface area contributed by atoms with E-state index in [4.69, 9.17) is 0 Å². The average Bonchev–Trinajstić information content (AvgIpc) is 2.72. The summed E-state index contributed by atoms with van der Waals surface area (Å²) in [6.07, 6.45) is 2.30. The van der Waals surface area contributed by atoms with Crippen LogP contribution in [0.2, 0.25) is 0 Å². The standard InChI is InChI=1S/C10H9BrS2/c11-10-7-12-6-8(10)3-4-9-2-1-5-13-9/h1-2,5-7H,3-4H2. The summed E-state index contributed by atoms with van der Waals surface area (Å²) in [6.45, 7) is 0. The Morgan fingerprint density at radius 3 is 2.77 bits per heavy atom. The Balaban J connectivity index is 1.97. The molecule has 0 fully saturated rings. The number of hydrogen-bond donors (Lipinski definition) is 0. The first-order valence-corrected chi connectivity index (χ1v) is 6.71. The van der Waals surface area contributed by atoms with Crippen molar-refractivity contribution >= 4 is 38.6 Å². The topological polar surface area (TPSA) is 0 Å². The van der Waals surface area contributed by atoms with E-state index in [1.165, 1.54) is 14.9 Å². The van der Waals surface area contributed by atoms with Crippen LogP contribution in [0.3, 0.4) is 0 Å². The van der Waals surface area contributed by atoms with E-state index in [0.29, 0.717) is 0 Å². The highest BCUT2D eigenvalue weighted by Gasteiger charge is 2.01. The molecule has 0 aliphatic heterocycles. The second-order valence-corrected chi connectivity index (χ2v) is 5.45. The molecule has 68 valence electrons. The van der Waals surface area contributed by atoms with Crippen LogP contribution in [0.25, 0.3) is 0 Å². The van der Waals surface area contributed by atoms with Crippen molar-refractivity contribution in [2.24, 2.45) is 0 Å². The molecule has 0 atom stereocenters. The van der Waals surface area contributed by atoms with Gasteiger partial charge < -0.3 is 0 Å². The molecule has 0 spiro atoms. The van der Waals surface area contributed by atoms with Crippen LogP contribution in [0.5, 0.6) is 0 Å². The lowest BCUT2D eigenvalue weighted by Crippen LogP contribution is -1.86. The second kappa shape index (κ2) is 4.40. The van der Waals surface area contributed by atoms with Crippen molar-refractivity contribution in [3.63, 3.8) is 0 Å². The van der Waals surface area contributed by atoms with Crippen molar-refractivity contribution in [2.75, 3.05) is 0 Å². The fourth-order valence-electron chi connectivity index (χ4n) is 1.20. The molecule has 0 saturated heterocycles. The van der Waals surface area contributed by atoms with Crippen molar-refractivity contribution < 1.29 is 0 Å². The third-order valence-corrected chi connectivity index (χ3v) is 4.68. The SMILES string of the molecule is Brc1cscc1CCc1cccs1. The summed E-state index contributed by atoms with van der Waals surface area (Å²) in [5.41, 5.74) is 1.43. The first kappa shape index (κ1) is 9.44. The molecule has 2 aromatic heterocycles. The Labute approximate surface area is 94.4 Å².